The van der Waals surface area contributed by atoms with Gasteiger partial charge in [-0.3, -0.25) is 9.69 Å². The molecule has 4 N–H and O–H groups in total. The Kier molecular flexibility index (Phi) is 10.5. The summed E-state index contributed by atoms with van der Waals surface area (Å²) in [6.45, 7) is 5.43. The van der Waals surface area contributed by atoms with Crippen molar-refractivity contribution in [2.45, 2.75) is 112 Å². The fourth-order valence-corrected chi connectivity index (χ4v) is 6.06. The van der Waals surface area contributed by atoms with Gasteiger partial charge in [-0.15, -0.1) is 23.4 Å². The van der Waals surface area contributed by atoms with Crippen molar-refractivity contribution in [3.05, 3.63) is 22.1 Å². The quantitative estimate of drug-likeness (QED) is 0.325. The van der Waals surface area contributed by atoms with Gasteiger partial charge in [0.25, 0.3) is 0 Å². The lowest BCUT2D eigenvalue weighted by molar-refractivity contribution is -0.205. The second kappa shape index (κ2) is 12.8. The zero-order chi connectivity index (χ0) is 27.5. The maximum Gasteiger partial charge on any atom is 0.519 e. The lowest BCUT2D eigenvalue weighted by Crippen LogP contribution is -2.65. The van der Waals surface area contributed by atoms with Gasteiger partial charge in [0.05, 0.1) is 24.0 Å². The third-order valence-corrected chi connectivity index (χ3v) is 8.46. The molecular formula is C24H38ClFN2O8S. The van der Waals surface area contributed by atoms with E-state index in [1.165, 1.54) is 0 Å². The SMILES string of the molecule is CCCC1(F)CCC(C(=O)NC(C(C)Cl)[C@H]2O[C@H](SC)[C@H](O)[C@@H](O)[C@H]2O)N(Cc2oc(=O)oc2C)CC1. The van der Waals surface area contributed by atoms with E-state index in [2.05, 4.69) is 5.32 Å². The molecule has 0 spiro atoms. The summed E-state index contributed by atoms with van der Waals surface area (Å²) in [5.41, 5.74) is -2.26. The van der Waals surface area contributed by atoms with Gasteiger partial charge in [-0.1, -0.05) is 13.3 Å². The molecule has 212 valence electrons. The van der Waals surface area contributed by atoms with Crippen LogP contribution in [0.4, 0.5) is 4.39 Å². The standard InChI is InChI=1S/C24H38ClFN2O8S/c1-5-7-24(26)8-6-14(28(10-9-24)11-15-13(3)34-23(33)35-15)21(32)27-16(12(2)25)20-18(30)17(29)19(31)22(36-20)37-4/h12,14,16-20,22,29-31H,5-11H2,1-4H3,(H,27,32)/t12?,14?,16?,17-,18+,19+,20+,22+,24?/m0/s1. The largest absolute Gasteiger partial charge is 0.519 e. The monoisotopic (exact) mass is 568 g/mol. The molecule has 10 nitrogen and oxygen atoms in total. The first-order valence-electron chi connectivity index (χ1n) is 12.6. The molecule has 4 unspecified atom stereocenters. The molecule has 0 aliphatic carbocycles. The maximum absolute atomic E-state index is 15.6. The van der Waals surface area contributed by atoms with Gasteiger partial charge < -0.3 is 34.2 Å². The van der Waals surface area contributed by atoms with Gasteiger partial charge in [0.15, 0.2) is 5.76 Å². The van der Waals surface area contributed by atoms with Gasteiger partial charge in [-0.05, 0) is 45.8 Å². The molecule has 0 aromatic carbocycles. The number of hydrogen-bond acceptors (Lipinski definition) is 10. The second-order valence-corrected chi connectivity index (χ2v) is 11.6. The van der Waals surface area contributed by atoms with Crippen LogP contribution in [-0.2, 0) is 16.1 Å². The molecule has 1 aromatic heterocycles. The van der Waals surface area contributed by atoms with Crippen LogP contribution in [0, 0.1) is 6.92 Å². The van der Waals surface area contributed by atoms with Crippen LogP contribution in [0.5, 0.6) is 0 Å². The average Bonchev–Trinajstić information content (AvgIpc) is 3.06. The predicted molar refractivity (Wildman–Crippen MR) is 136 cm³/mol. The van der Waals surface area contributed by atoms with Crippen LogP contribution < -0.4 is 11.1 Å². The number of rotatable bonds is 9. The molecule has 3 heterocycles. The van der Waals surface area contributed by atoms with Gasteiger partial charge in [0, 0.05) is 6.54 Å². The van der Waals surface area contributed by atoms with Crippen LogP contribution in [0.2, 0.25) is 0 Å². The van der Waals surface area contributed by atoms with Crippen LogP contribution in [-0.4, -0.2) is 91.9 Å². The minimum atomic E-state index is -1.50. The molecule has 2 saturated heterocycles. The van der Waals surface area contributed by atoms with Gasteiger partial charge in [-0.25, -0.2) is 9.18 Å². The minimum absolute atomic E-state index is 0.0704. The van der Waals surface area contributed by atoms with Crippen molar-refractivity contribution in [3.8, 4) is 0 Å². The second-order valence-electron chi connectivity index (χ2n) is 10.00. The summed E-state index contributed by atoms with van der Waals surface area (Å²) < 4.78 is 31.5. The highest BCUT2D eigenvalue weighted by atomic mass is 35.5. The third kappa shape index (κ3) is 7.09. The Hall–Kier alpha value is -1.15. The number of nitrogens with one attached hydrogen (secondary N) is 1. The Labute approximate surface area is 224 Å². The Morgan fingerprint density at radius 1 is 1.27 bits per heavy atom. The Balaban J connectivity index is 1.85. The number of amides is 1. The van der Waals surface area contributed by atoms with Gasteiger partial charge in [0.2, 0.25) is 5.91 Å². The highest BCUT2D eigenvalue weighted by molar-refractivity contribution is 7.99. The average molecular weight is 569 g/mol. The highest BCUT2D eigenvalue weighted by Gasteiger charge is 2.48. The topological polar surface area (TPSA) is 146 Å². The van der Waals surface area contributed by atoms with E-state index in [1.54, 1.807) is 25.0 Å². The van der Waals surface area contributed by atoms with Gasteiger partial charge >= 0.3 is 5.82 Å². The number of alkyl halides is 2. The number of thioether (sulfide) groups is 1. The predicted octanol–water partition coefficient (Wildman–Crippen LogP) is 1.69. The molecule has 2 aliphatic rings. The zero-order valence-corrected chi connectivity index (χ0v) is 23.1. The fraction of sp³-hybridized carbons (Fsp3) is 0.833. The third-order valence-electron chi connectivity index (χ3n) is 7.33. The molecule has 1 aromatic rings. The normalized spacial score (nSPS) is 35.1. The molecule has 2 fully saturated rings. The number of nitrogens with zero attached hydrogens (tertiary/aromatic N) is 1. The summed E-state index contributed by atoms with van der Waals surface area (Å²) in [5, 5.41) is 33.3. The molecule has 13 heteroatoms. The maximum atomic E-state index is 15.6. The first kappa shape index (κ1) is 30.4. The molecule has 2 aliphatic heterocycles. The molecule has 9 atom stereocenters. The van der Waals surface area contributed by atoms with Crippen LogP contribution in [0.25, 0.3) is 0 Å². The first-order chi connectivity index (χ1) is 17.4. The van der Waals surface area contributed by atoms with Crippen molar-refractivity contribution < 1.29 is 38.1 Å². The zero-order valence-electron chi connectivity index (χ0n) is 21.6. The minimum Gasteiger partial charge on any atom is -0.396 e. The summed E-state index contributed by atoms with van der Waals surface area (Å²) in [7, 11) is 0. The summed E-state index contributed by atoms with van der Waals surface area (Å²) in [4.78, 5) is 27.0. The van der Waals surface area contributed by atoms with E-state index in [4.69, 9.17) is 25.2 Å². The molecule has 3 rings (SSSR count). The number of aliphatic hydroxyl groups excluding tert-OH is 3. The first-order valence-corrected chi connectivity index (χ1v) is 14.3. The Morgan fingerprint density at radius 3 is 2.54 bits per heavy atom. The molecule has 37 heavy (non-hydrogen) atoms. The highest BCUT2D eigenvalue weighted by Crippen LogP contribution is 2.35. The number of aliphatic hydroxyl groups is 3. The van der Waals surface area contributed by atoms with Crippen molar-refractivity contribution in [2.24, 2.45) is 0 Å². The van der Waals surface area contributed by atoms with Crippen LogP contribution in [0.3, 0.4) is 0 Å². The number of halogens is 2. The van der Waals surface area contributed by atoms with Crippen LogP contribution >= 0.6 is 23.4 Å². The lowest BCUT2D eigenvalue weighted by Gasteiger charge is -2.44. The van der Waals surface area contributed by atoms with E-state index in [-0.39, 0.29) is 43.9 Å². The summed E-state index contributed by atoms with van der Waals surface area (Å²) in [6, 6.07) is -1.72. The van der Waals surface area contributed by atoms with E-state index in [9.17, 15) is 24.9 Å². The van der Waals surface area contributed by atoms with Crippen molar-refractivity contribution in [3.63, 3.8) is 0 Å². The van der Waals surface area contributed by atoms with Crippen molar-refractivity contribution in [1.29, 1.82) is 0 Å². The van der Waals surface area contributed by atoms with E-state index in [0.717, 1.165) is 11.8 Å². The van der Waals surface area contributed by atoms with E-state index in [1.807, 2.05) is 6.92 Å². The number of ether oxygens (including phenoxy) is 1. The fourth-order valence-electron chi connectivity index (χ4n) is 5.17. The summed E-state index contributed by atoms with van der Waals surface area (Å²) >= 11 is 7.57. The number of hydrogen-bond donors (Lipinski definition) is 4. The molecule has 1 amide bonds. The molecule has 0 bridgehead atoms. The van der Waals surface area contributed by atoms with Crippen molar-refractivity contribution in [1.82, 2.24) is 10.2 Å². The van der Waals surface area contributed by atoms with Crippen LogP contribution in [0.15, 0.2) is 13.6 Å². The smallest absolute Gasteiger partial charge is 0.396 e. The number of aryl methyl sites for hydroxylation is 1. The van der Waals surface area contributed by atoms with E-state index < -0.39 is 64.7 Å². The van der Waals surface area contributed by atoms with Crippen molar-refractivity contribution in [2.75, 3.05) is 12.8 Å². The van der Waals surface area contributed by atoms with E-state index >= 15 is 4.39 Å². The van der Waals surface area contributed by atoms with Crippen molar-refractivity contribution >= 4 is 29.3 Å². The van der Waals surface area contributed by atoms with E-state index in [0.29, 0.717) is 12.8 Å². The lowest BCUT2D eigenvalue weighted by atomic mass is 9.90. The summed E-state index contributed by atoms with van der Waals surface area (Å²) in [6.07, 6.45) is -2.09. The number of carbonyl (C=O) groups excluding carboxylic acids is 1. The summed E-state index contributed by atoms with van der Waals surface area (Å²) in [5.74, 6) is -0.760. The number of likely N-dealkylation sites (tertiary alicyclic amines) is 1. The number of carbonyl (C=O) groups is 1. The molecular weight excluding hydrogens is 531 g/mol. The molecule has 0 radical (unpaired) electrons. The Bertz CT molecular complexity index is 961. The van der Waals surface area contributed by atoms with Crippen LogP contribution in [0.1, 0.15) is 57.5 Å². The van der Waals surface area contributed by atoms with Gasteiger partial charge in [0.1, 0.15) is 41.3 Å². The molecule has 0 saturated carbocycles. The van der Waals surface area contributed by atoms with Gasteiger partial charge in [-0.2, -0.15) is 0 Å². The Morgan fingerprint density at radius 2 is 1.97 bits per heavy atom.